The van der Waals surface area contributed by atoms with E-state index in [0.717, 1.165) is 35.1 Å². The Morgan fingerprint density at radius 1 is 0.500 bits per heavy atom. The van der Waals surface area contributed by atoms with E-state index in [2.05, 4.69) is 205 Å². The summed E-state index contributed by atoms with van der Waals surface area (Å²) < 4.78 is 6.86. The van der Waals surface area contributed by atoms with Gasteiger partial charge in [0.25, 0.3) is 0 Å². The standard InChI is InChI=1S/C54H39NO/c1-3-14-37(15-4-1)43-29-31-53(49-21-11-9-19-45(43)49)56-54-32-30-44(46-20-10-12-22-50(46)54)41-26-28-48-47-27-25-40(39-24-23-36-13-7-8-16-38(36)33-39)34-51(47)55(52(48)35-41)42-17-5-2-6-18-42/h2-3,5-35,47,51H,1,4H2. The first-order chi connectivity index (χ1) is 27.8. The van der Waals surface area contributed by atoms with Crippen LogP contribution in [0.25, 0.3) is 54.6 Å². The maximum Gasteiger partial charge on any atom is 0.135 e. The van der Waals surface area contributed by atoms with Gasteiger partial charge in [-0.25, -0.2) is 0 Å². The van der Waals surface area contributed by atoms with Crippen molar-refractivity contribution in [1.29, 1.82) is 0 Å². The maximum atomic E-state index is 6.86. The van der Waals surface area contributed by atoms with E-state index < -0.39 is 0 Å². The number of anilines is 2. The molecule has 2 atom stereocenters. The Kier molecular flexibility index (Phi) is 7.81. The number of hydrogen-bond donors (Lipinski definition) is 0. The van der Waals surface area contributed by atoms with Crippen molar-refractivity contribution in [2.75, 3.05) is 4.90 Å². The van der Waals surface area contributed by atoms with E-state index in [9.17, 15) is 0 Å². The van der Waals surface area contributed by atoms with Crippen LogP contribution in [0.3, 0.4) is 0 Å². The number of benzene rings is 8. The monoisotopic (exact) mass is 717 g/mol. The Labute approximate surface area is 327 Å². The number of hydrogen-bond acceptors (Lipinski definition) is 2. The van der Waals surface area contributed by atoms with Gasteiger partial charge in [-0.05, 0) is 110 Å². The third kappa shape index (κ3) is 5.48. The Balaban J connectivity index is 0.981. The predicted molar refractivity (Wildman–Crippen MR) is 236 cm³/mol. The van der Waals surface area contributed by atoms with Gasteiger partial charge in [0.2, 0.25) is 0 Å². The molecule has 2 nitrogen and oxygen atoms in total. The summed E-state index contributed by atoms with van der Waals surface area (Å²) in [5, 5.41) is 7.12. The quantitative estimate of drug-likeness (QED) is 0.170. The number of para-hydroxylation sites is 1. The minimum absolute atomic E-state index is 0.160. The van der Waals surface area contributed by atoms with Crippen LogP contribution in [0.2, 0.25) is 0 Å². The molecule has 56 heavy (non-hydrogen) atoms. The molecule has 2 unspecified atom stereocenters. The molecule has 11 rings (SSSR count). The molecule has 0 aromatic heterocycles. The van der Waals surface area contributed by atoms with Crippen LogP contribution in [0, 0.1) is 0 Å². The molecule has 1 aliphatic heterocycles. The van der Waals surface area contributed by atoms with Crippen LogP contribution in [-0.4, -0.2) is 6.04 Å². The Morgan fingerprint density at radius 2 is 1.18 bits per heavy atom. The topological polar surface area (TPSA) is 12.5 Å². The smallest absolute Gasteiger partial charge is 0.135 e. The second kappa shape index (κ2) is 13.4. The molecule has 8 aromatic rings. The average molecular weight is 718 g/mol. The number of ether oxygens (including phenoxy) is 1. The van der Waals surface area contributed by atoms with E-state index >= 15 is 0 Å². The Bertz CT molecular complexity index is 2970. The second-order valence-electron chi connectivity index (χ2n) is 15.1. The number of rotatable bonds is 6. The summed E-state index contributed by atoms with van der Waals surface area (Å²) in [7, 11) is 0. The first-order valence-electron chi connectivity index (χ1n) is 19.7. The van der Waals surface area contributed by atoms with Crippen LogP contribution < -0.4 is 9.64 Å². The molecule has 0 radical (unpaired) electrons. The fourth-order valence-electron chi connectivity index (χ4n) is 9.17. The Hall–Kier alpha value is -6.90. The minimum atomic E-state index is 0.160. The lowest BCUT2D eigenvalue weighted by molar-refractivity contribution is 0.494. The zero-order valence-corrected chi connectivity index (χ0v) is 31.0. The summed E-state index contributed by atoms with van der Waals surface area (Å²) >= 11 is 0. The lowest BCUT2D eigenvalue weighted by Gasteiger charge is -2.30. The van der Waals surface area contributed by atoms with Crippen molar-refractivity contribution < 1.29 is 4.74 Å². The summed E-state index contributed by atoms with van der Waals surface area (Å²) in [6.45, 7) is 0. The highest BCUT2D eigenvalue weighted by Gasteiger charge is 2.38. The molecular weight excluding hydrogens is 679 g/mol. The van der Waals surface area contributed by atoms with Crippen LogP contribution in [0.1, 0.15) is 35.4 Å². The second-order valence-corrected chi connectivity index (χ2v) is 15.1. The minimum Gasteiger partial charge on any atom is -0.456 e. The summed E-state index contributed by atoms with van der Waals surface area (Å²) in [5.41, 5.74) is 11.2. The van der Waals surface area contributed by atoms with E-state index in [1.54, 1.807) is 0 Å². The van der Waals surface area contributed by atoms with Crippen LogP contribution >= 0.6 is 0 Å². The van der Waals surface area contributed by atoms with Crippen LogP contribution in [0.4, 0.5) is 11.4 Å². The average Bonchev–Trinajstić information content (AvgIpc) is 3.60. The molecule has 266 valence electrons. The number of fused-ring (bicyclic) bond motifs is 6. The van der Waals surface area contributed by atoms with Crippen LogP contribution in [0.15, 0.2) is 200 Å². The van der Waals surface area contributed by atoms with Gasteiger partial charge in [0.05, 0.1) is 6.04 Å². The highest BCUT2D eigenvalue weighted by Crippen LogP contribution is 2.51. The lowest BCUT2D eigenvalue weighted by atomic mass is 9.86. The van der Waals surface area contributed by atoms with Crippen molar-refractivity contribution in [3.05, 3.63) is 217 Å². The fourth-order valence-corrected chi connectivity index (χ4v) is 9.17. The summed E-state index contributed by atoms with van der Waals surface area (Å²) in [4.78, 5) is 2.54. The predicted octanol–water partition coefficient (Wildman–Crippen LogP) is 14.6. The van der Waals surface area contributed by atoms with Crippen molar-refractivity contribution in [1.82, 2.24) is 0 Å². The molecule has 2 heteroatoms. The summed E-state index contributed by atoms with van der Waals surface area (Å²) in [5.74, 6) is 1.97. The molecule has 2 aliphatic carbocycles. The zero-order chi connectivity index (χ0) is 37.0. The molecule has 0 amide bonds. The Morgan fingerprint density at radius 3 is 1.95 bits per heavy atom. The van der Waals surface area contributed by atoms with Crippen molar-refractivity contribution >= 4 is 54.8 Å². The molecule has 8 aromatic carbocycles. The van der Waals surface area contributed by atoms with Crippen molar-refractivity contribution in [2.45, 2.75) is 24.8 Å². The van der Waals surface area contributed by atoms with Gasteiger partial charge < -0.3 is 9.64 Å². The van der Waals surface area contributed by atoms with Gasteiger partial charge in [0.1, 0.15) is 11.5 Å². The van der Waals surface area contributed by atoms with Gasteiger partial charge in [0.15, 0.2) is 0 Å². The van der Waals surface area contributed by atoms with Crippen LogP contribution in [-0.2, 0) is 0 Å². The fraction of sp³-hybridized carbons (Fsp3) is 0.0741. The van der Waals surface area contributed by atoms with Crippen molar-refractivity contribution in [2.24, 2.45) is 0 Å². The van der Waals surface area contributed by atoms with Gasteiger partial charge in [-0.2, -0.15) is 0 Å². The van der Waals surface area contributed by atoms with E-state index in [0.29, 0.717) is 0 Å². The van der Waals surface area contributed by atoms with E-state index in [-0.39, 0.29) is 12.0 Å². The van der Waals surface area contributed by atoms with E-state index in [4.69, 9.17) is 4.74 Å². The maximum absolute atomic E-state index is 6.86. The third-order valence-corrected chi connectivity index (χ3v) is 11.9. The highest BCUT2D eigenvalue weighted by atomic mass is 16.5. The van der Waals surface area contributed by atoms with Crippen molar-refractivity contribution in [3.63, 3.8) is 0 Å². The first kappa shape index (κ1) is 32.5. The van der Waals surface area contributed by atoms with Crippen LogP contribution in [0.5, 0.6) is 11.5 Å². The SMILES string of the molecule is C1=CC(c2ccc(Oc3ccc(-c4ccc5c(c4)N(c4ccccc4)C4C=C(c6ccc7ccccc7c6)C=CC54)c4ccccc34)c3ccccc23)=CCC1. The van der Waals surface area contributed by atoms with Gasteiger partial charge in [-0.3, -0.25) is 0 Å². The molecule has 3 aliphatic rings. The number of allylic oxidation sites excluding steroid dienone is 6. The molecule has 0 saturated carbocycles. The third-order valence-electron chi connectivity index (χ3n) is 11.9. The molecule has 0 N–H and O–H groups in total. The highest BCUT2D eigenvalue weighted by molar-refractivity contribution is 6.03. The summed E-state index contributed by atoms with van der Waals surface area (Å²) in [6, 6.07) is 59.5. The van der Waals surface area contributed by atoms with Gasteiger partial charge >= 0.3 is 0 Å². The first-order valence-corrected chi connectivity index (χ1v) is 19.7. The van der Waals surface area contributed by atoms with E-state index in [1.807, 2.05) is 0 Å². The number of nitrogens with zero attached hydrogens (tertiary/aromatic N) is 1. The van der Waals surface area contributed by atoms with Crippen molar-refractivity contribution in [3.8, 4) is 22.6 Å². The van der Waals surface area contributed by atoms with Gasteiger partial charge in [0, 0.05) is 28.1 Å². The zero-order valence-electron chi connectivity index (χ0n) is 31.0. The lowest BCUT2D eigenvalue weighted by Crippen LogP contribution is -2.29. The molecule has 0 spiro atoms. The van der Waals surface area contributed by atoms with E-state index in [1.165, 1.54) is 71.9 Å². The molecular formula is C54H39NO. The van der Waals surface area contributed by atoms with Gasteiger partial charge in [-0.15, -0.1) is 0 Å². The van der Waals surface area contributed by atoms with Gasteiger partial charge in [-0.1, -0.05) is 164 Å². The molecule has 1 heterocycles. The molecule has 0 bridgehead atoms. The molecule has 0 saturated heterocycles. The largest absolute Gasteiger partial charge is 0.456 e. The molecule has 0 fully saturated rings. The normalized spacial score (nSPS) is 17.2. The summed E-state index contributed by atoms with van der Waals surface area (Å²) in [6.07, 6.45) is 16.3.